The molecular formula is C9H10ClNO. The molecule has 1 saturated carbocycles. The van der Waals surface area contributed by atoms with Crippen molar-refractivity contribution in [3.63, 3.8) is 0 Å². The van der Waals surface area contributed by atoms with E-state index in [-0.39, 0.29) is 0 Å². The number of pyridine rings is 1. The summed E-state index contributed by atoms with van der Waals surface area (Å²) in [7, 11) is 0. The maximum Gasteiger partial charge on any atom is 0.142 e. The highest BCUT2D eigenvalue weighted by Gasteiger charge is 2.24. The second-order valence-electron chi connectivity index (χ2n) is 3.05. The van der Waals surface area contributed by atoms with Gasteiger partial charge in [0.25, 0.3) is 0 Å². The van der Waals surface area contributed by atoms with Crippen LogP contribution in [0.3, 0.4) is 0 Å². The fraction of sp³-hybridized carbons (Fsp3) is 0.444. The number of hydrogen-bond donors (Lipinski definition) is 0. The topological polar surface area (TPSA) is 22.1 Å². The summed E-state index contributed by atoms with van der Waals surface area (Å²) >= 11 is 5.78. The Morgan fingerprint density at radius 2 is 2.33 bits per heavy atom. The molecule has 2 rings (SSSR count). The molecule has 0 atom stereocenters. The smallest absolute Gasteiger partial charge is 0.142 e. The van der Waals surface area contributed by atoms with Gasteiger partial charge in [-0.25, -0.2) is 0 Å². The van der Waals surface area contributed by atoms with Gasteiger partial charge in [-0.3, -0.25) is 4.98 Å². The Bertz CT molecular complexity index is 297. The van der Waals surface area contributed by atoms with Crippen LogP contribution in [0.1, 0.15) is 18.5 Å². The Morgan fingerprint density at radius 1 is 1.58 bits per heavy atom. The van der Waals surface area contributed by atoms with Gasteiger partial charge < -0.3 is 4.74 Å². The predicted molar refractivity (Wildman–Crippen MR) is 47.6 cm³/mol. The van der Waals surface area contributed by atoms with Gasteiger partial charge in [0, 0.05) is 12.3 Å². The van der Waals surface area contributed by atoms with E-state index in [1.165, 1.54) is 0 Å². The number of aryl methyl sites for hydroxylation is 1. The molecule has 0 spiro atoms. The molecule has 0 aromatic carbocycles. The Morgan fingerprint density at radius 3 is 3.00 bits per heavy atom. The SMILES string of the molecule is Cc1ncc(Cl)cc1OC1CC1. The lowest BCUT2D eigenvalue weighted by Gasteiger charge is -2.06. The van der Waals surface area contributed by atoms with Crippen molar-refractivity contribution in [1.29, 1.82) is 0 Å². The van der Waals surface area contributed by atoms with Gasteiger partial charge in [-0.15, -0.1) is 0 Å². The number of rotatable bonds is 2. The number of hydrogen-bond acceptors (Lipinski definition) is 2. The largest absolute Gasteiger partial charge is 0.488 e. The van der Waals surface area contributed by atoms with Gasteiger partial charge in [0.05, 0.1) is 16.8 Å². The lowest BCUT2D eigenvalue weighted by atomic mass is 10.3. The van der Waals surface area contributed by atoms with Crippen LogP contribution in [-0.4, -0.2) is 11.1 Å². The minimum absolute atomic E-state index is 0.406. The molecule has 2 nitrogen and oxygen atoms in total. The van der Waals surface area contributed by atoms with Gasteiger partial charge in [0.15, 0.2) is 0 Å². The zero-order valence-electron chi connectivity index (χ0n) is 6.88. The van der Waals surface area contributed by atoms with Gasteiger partial charge in [-0.2, -0.15) is 0 Å². The molecule has 3 heteroatoms. The summed E-state index contributed by atoms with van der Waals surface area (Å²) in [5, 5.41) is 0.635. The molecule has 1 aliphatic rings. The zero-order chi connectivity index (χ0) is 8.55. The molecular weight excluding hydrogens is 174 g/mol. The van der Waals surface area contributed by atoms with Gasteiger partial charge in [-0.05, 0) is 19.8 Å². The Labute approximate surface area is 76.5 Å². The van der Waals surface area contributed by atoms with Gasteiger partial charge in [0.1, 0.15) is 5.75 Å². The van der Waals surface area contributed by atoms with E-state index in [0.29, 0.717) is 11.1 Å². The van der Waals surface area contributed by atoms with Crippen LogP contribution in [0.25, 0.3) is 0 Å². The van der Waals surface area contributed by atoms with E-state index < -0.39 is 0 Å². The van der Waals surface area contributed by atoms with Crippen molar-refractivity contribution >= 4 is 11.6 Å². The van der Waals surface area contributed by atoms with E-state index >= 15 is 0 Å². The number of ether oxygens (including phenoxy) is 1. The molecule has 1 aromatic rings. The summed E-state index contributed by atoms with van der Waals surface area (Å²) in [6, 6.07) is 1.82. The molecule has 1 fully saturated rings. The summed E-state index contributed by atoms with van der Waals surface area (Å²) in [6.07, 6.45) is 4.36. The molecule has 0 aliphatic heterocycles. The quantitative estimate of drug-likeness (QED) is 0.703. The first-order valence-corrected chi connectivity index (χ1v) is 4.42. The molecule has 64 valence electrons. The van der Waals surface area contributed by atoms with E-state index in [9.17, 15) is 0 Å². The third kappa shape index (κ3) is 1.69. The molecule has 0 bridgehead atoms. The van der Waals surface area contributed by atoms with Crippen LogP contribution in [-0.2, 0) is 0 Å². The molecule has 0 amide bonds. The highest BCUT2D eigenvalue weighted by molar-refractivity contribution is 6.30. The maximum absolute atomic E-state index is 5.78. The molecule has 0 radical (unpaired) electrons. The van der Waals surface area contributed by atoms with Crippen molar-refractivity contribution in [2.75, 3.05) is 0 Å². The molecule has 1 aromatic heterocycles. The first-order chi connectivity index (χ1) is 5.75. The predicted octanol–water partition coefficient (Wildman–Crippen LogP) is 2.58. The third-order valence-corrected chi connectivity index (χ3v) is 2.03. The standard InChI is InChI=1S/C9H10ClNO/c1-6-9(12-8-2-3-8)4-7(10)5-11-6/h4-5,8H,2-3H2,1H3. The highest BCUT2D eigenvalue weighted by atomic mass is 35.5. The van der Waals surface area contributed by atoms with Gasteiger partial charge in [0.2, 0.25) is 0 Å². The number of halogens is 1. The minimum atomic E-state index is 0.406. The van der Waals surface area contributed by atoms with E-state index in [1.54, 1.807) is 6.20 Å². The van der Waals surface area contributed by atoms with E-state index in [2.05, 4.69) is 4.98 Å². The van der Waals surface area contributed by atoms with Crippen LogP contribution in [0.2, 0.25) is 5.02 Å². The normalized spacial score (nSPS) is 16.2. The number of nitrogens with zero attached hydrogens (tertiary/aromatic N) is 1. The zero-order valence-corrected chi connectivity index (χ0v) is 7.64. The Hall–Kier alpha value is -0.760. The van der Waals surface area contributed by atoms with Crippen molar-refractivity contribution in [3.8, 4) is 5.75 Å². The van der Waals surface area contributed by atoms with Crippen LogP contribution in [0.4, 0.5) is 0 Å². The van der Waals surface area contributed by atoms with E-state index in [4.69, 9.17) is 16.3 Å². The lowest BCUT2D eigenvalue weighted by molar-refractivity contribution is 0.299. The van der Waals surface area contributed by atoms with Crippen molar-refractivity contribution in [1.82, 2.24) is 4.98 Å². The summed E-state index contributed by atoms with van der Waals surface area (Å²) < 4.78 is 5.59. The molecule has 1 heterocycles. The second-order valence-corrected chi connectivity index (χ2v) is 3.49. The van der Waals surface area contributed by atoms with Crippen LogP contribution in [0.15, 0.2) is 12.3 Å². The average molecular weight is 184 g/mol. The first kappa shape index (κ1) is 7.87. The Kier molecular flexibility index (Phi) is 1.93. The highest BCUT2D eigenvalue weighted by Crippen LogP contribution is 2.29. The summed E-state index contributed by atoms with van der Waals surface area (Å²) in [5.74, 6) is 0.824. The molecule has 0 saturated heterocycles. The van der Waals surface area contributed by atoms with Crippen molar-refractivity contribution in [2.45, 2.75) is 25.9 Å². The average Bonchev–Trinajstić information content (AvgIpc) is 2.81. The lowest BCUT2D eigenvalue weighted by Crippen LogP contribution is -1.98. The van der Waals surface area contributed by atoms with Crippen LogP contribution in [0, 0.1) is 6.92 Å². The van der Waals surface area contributed by atoms with Crippen molar-refractivity contribution in [2.24, 2.45) is 0 Å². The fourth-order valence-corrected chi connectivity index (χ4v) is 1.12. The van der Waals surface area contributed by atoms with Crippen molar-refractivity contribution < 1.29 is 4.74 Å². The second kappa shape index (κ2) is 2.94. The van der Waals surface area contributed by atoms with Crippen LogP contribution in [0.5, 0.6) is 5.75 Å². The number of aromatic nitrogens is 1. The van der Waals surface area contributed by atoms with Crippen molar-refractivity contribution in [3.05, 3.63) is 23.0 Å². The first-order valence-electron chi connectivity index (χ1n) is 4.04. The van der Waals surface area contributed by atoms with Crippen LogP contribution < -0.4 is 4.74 Å². The minimum Gasteiger partial charge on any atom is -0.488 e. The van der Waals surface area contributed by atoms with Gasteiger partial charge >= 0.3 is 0 Å². The van der Waals surface area contributed by atoms with E-state index in [1.807, 2.05) is 13.0 Å². The molecule has 0 unspecified atom stereocenters. The molecule has 12 heavy (non-hydrogen) atoms. The summed E-state index contributed by atoms with van der Waals surface area (Å²) in [5.41, 5.74) is 0.909. The maximum atomic E-state index is 5.78. The summed E-state index contributed by atoms with van der Waals surface area (Å²) in [4.78, 5) is 4.10. The summed E-state index contributed by atoms with van der Waals surface area (Å²) in [6.45, 7) is 1.92. The fourth-order valence-electron chi connectivity index (χ4n) is 0.974. The monoisotopic (exact) mass is 183 g/mol. The Balaban J connectivity index is 2.21. The van der Waals surface area contributed by atoms with E-state index in [0.717, 1.165) is 24.3 Å². The molecule has 1 aliphatic carbocycles. The third-order valence-electron chi connectivity index (χ3n) is 1.83. The molecule has 0 N–H and O–H groups in total. The van der Waals surface area contributed by atoms with Gasteiger partial charge in [-0.1, -0.05) is 11.6 Å². The van der Waals surface area contributed by atoms with Crippen LogP contribution >= 0.6 is 11.6 Å².